The normalized spacial score (nSPS) is 50.1. The average molecular weight is 656 g/mol. The third kappa shape index (κ3) is 4.35. The molecule has 7 N–H and O–H groups in total. The number of ether oxygens (including phenoxy) is 4. The number of aliphatic hydroxyl groups is 3. The first-order valence-electron chi connectivity index (χ1n) is 14.8. The van der Waals surface area contributed by atoms with Gasteiger partial charge in [0.05, 0.1) is 37.9 Å². The van der Waals surface area contributed by atoms with Gasteiger partial charge < -0.3 is 48.9 Å². The summed E-state index contributed by atoms with van der Waals surface area (Å²) in [5.41, 5.74) is 5.92. The lowest BCUT2D eigenvalue weighted by atomic mass is 9.23. The number of nitrogens with zero attached hydrogens (tertiary/aromatic N) is 9. The lowest BCUT2D eigenvalue weighted by molar-refractivity contribution is -0.649. The van der Waals surface area contributed by atoms with E-state index in [2.05, 4.69) is 16.1 Å². The zero-order chi connectivity index (χ0) is 31.3. The maximum absolute atomic E-state index is 11.6. The number of nitrogens with one attached hydrogen (secondary N) is 2. The maximum atomic E-state index is 11.6. The highest BCUT2D eigenvalue weighted by Crippen LogP contribution is 2.46. The fourth-order valence-corrected chi connectivity index (χ4v) is 8.37. The Morgan fingerprint density at radius 3 is 2.38 bits per heavy atom. The number of hydrazine groups is 9. The fraction of sp³-hybridized carbons (Fsp3) is 1.00. The molecule has 0 aromatic rings. The van der Waals surface area contributed by atoms with Crippen molar-refractivity contribution in [2.45, 2.75) is 79.2 Å². The summed E-state index contributed by atoms with van der Waals surface area (Å²) in [5, 5.41) is 48.6. The second-order valence-corrected chi connectivity index (χ2v) is 13.9. The molecule has 26 heteroatoms. The highest BCUT2D eigenvalue weighted by molar-refractivity contribution is 7.46. The Kier molecular flexibility index (Phi) is 7.18. The number of hydrogen-bond donors (Lipinski definition) is 7. The molecule has 13 atom stereocenters. The van der Waals surface area contributed by atoms with Crippen LogP contribution in [0.25, 0.3) is 0 Å². The molecule has 0 aliphatic carbocycles. The predicted molar refractivity (Wildman–Crippen MR) is 145 cm³/mol. The Bertz CT molecular complexity index is 1260. The van der Waals surface area contributed by atoms with Crippen LogP contribution in [0.3, 0.4) is 0 Å². The van der Waals surface area contributed by atoms with E-state index in [1.54, 1.807) is 17.9 Å². The molecular weight excluding hydrogens is 622 g/mol. The van der Waals surface area contributed by atoms with Crippen LogP contribution >= 0.6 is 7.82 Å². The van der Waals surface area contributed by atoms with Gasteiger partial charge in [-0.2, -0.15) is 5.01 Å². The number of hydrogen-bond acceptors (Lipinski definition) is 20. The van der Waals surface area contributed by atoms with Gasteiger partial charge in [0.2, 0.25) is 7.41 Å². The van der Waals surface area contributed by atoms with Gasteiger partial charge in [0.15, 0.2) is 12.8 Å². The summed E-state index contributed by atoms with van der Waals surface area (Å²) in [5.74, 6) is -0.656. The highest BCUT2D eigenvalue weighted by Gasteiger charge is 2.68. The zero-order valence-electron chi connectivity index (χ0n) is 24.2. The Labute approximate surface area is 259 Å². The topological polar surface area (TPSA) is 218 Å². The Hall–Kier alpha value is -0.415. The predicted octanol–water partition coefficient (Wildman–Crippen LogP) is -7.95. The molecule has 0 aromatic heterocycles. The molecule has 3 radical (unpaired) electrons. The smallest absolute Gasteiger partial charge is 0.388 e. The van der Waals surface area contributed by atoms with E-state index in [1.807, 2.05) is 44.2 Å². The van der Waals surface area contributed by atoms with Gasteiger partial charge in [0.1, 0.15) is 55.7 Å². The molecule has 9 saturated heterocycles. The third-order valence-electron chi connectivity index (χ3n) is 10.4. The summed E-state index contributed by atoms with van der Waals surface area (Å²) in [6.45, 7) is -0.590. The summed E-state index contributed by atoms with van der Waals surface area (Å²) < 4.78 is 41.5. The monoisotopic (exact) mass is 656 g/mol. The molecule has 9 heterocycles. The van der Waals surface area contributed by atoms with Crippen LogP contribution in [-0.2, 0) is 28.0 Å². The van der Waals surface area contributed by atoms with Crippen LogP contribution < -0.4 is 11.1 Å². The number of rotatable bonds is 4. The van der Waals surface area contributed by atoms with E-state index in [-0.39, 0.29) is 6.61 Å². The molecule has 0 saturated carbocycles. The molecule has 11 unspecified atom stereocenters. The quantitative estimate of drug-likeness (QED) is 0.110. The first-order chi connectivity index (χ1) is 21.4. The summed E-state index contributed by atoms with van der Waals surface area (Å²) in [6.07, 6.45) is -7.94. The molecule has 9 fully saturated rings. The van der Waals surface area contributed by atoms with Gasteiger partial charge in [0, 0.05) is 21.8 Å². The van der Waals surface area contributed by atoms with Crippen molar-refractivity contribution >= 4 is 29.6 Å². The molecule has 9 aliphatic rings. The van der Waals surface area contributed by atoms with Crippen LogP contribution in [0.2, 0.25) is 0 Å². The molecule has 0 aromatic carbocycles. The summed E-state index contributed by atoms with van der Waals surface area (Å²) in [7, 11) is 7.77. The van der Waals surface area contributed by atoms with Crippen LogP contribution in [0, 0.1) is 0 Å². The number of phosphoric acid groups is 1. The molecule has 0 amide bonds. The second-order valence-electron chi connectivity index (χ2n) is 12.7. The molecule has 9 rings (SSSR count). The van der Waals surface area contributed by atoms with Crippen molar-refractivity contribution in [3.05, 3.63) is 0 Å². The van der Waals surface area contributed by atoms with Gasteiger partial charge in [-0.05, 0) is 16.4 Å². The Morgan fingerprint density at radius 2 is 1.69 bits per heavy atom. The minimum atomic E-state index is -4.84. The van der Waals surface area contributed by atoms with E-state index in [0.717, 1.165) is 0 Å². The summed E-state index contributed by atoms with van der Waals surface area (Å²) >= 11 is 0. The van der Waals surface area contributed by atoms with Gasteiger partial charge in [0.25, 0.3) is 0 Å². The Balaban J connectivity index is 1.10. The second kappa shape index (κ2) is 10.5. The summed E-state index contributed by atoms with van der Waals surface area (Å²) in [4.78, 5) is 20.7. The molecule has 0 spiro atoms. The molecule has 22 nitrogen and oxygen atoms in total. The van der Waals surface area contributed by atoms with Gasteiger partial charge >= 0.3 is 7.82 Å². The van der Waals surface area contributed by atoms with Gasteiger partial charge in [-0.1, -0.05) is 0 Å². The van der Waals surface area contributed by atoms with Crippen molar-refractivity contribution in [3.63, 3.8) is 0 Å². The standard InChI is InChI=1S/C19H34B3N11O11P/c1-25-17-19(26(25)2)40-3-7-10(34)11(35)14(42-7)21-31(17)15-9-18(28-6-30-29(5-27(9)28)32-23-24-33(30)32)44-13-8(4-41-45(37,38)39)43-16(12(13)36)22(15)20/h7-19,23-24,34-36H,3-6H2,1-2H3,(H2,37,38,39)/t7?,8?,9?,10?,11?,12?,13?,14?,15-,16?,17?,18?,19-/m1/s1. The largest absolute Gasteiger partial charge is 0.469 e. The molecule has 245 valence electrons. The van der Waals surface area contributed by atoms with Gasteiger partial charge in [-0.25, -0.2) is 19.6 Å². The first kappa shape index (κ1) is 30.6. The van der Waals surface area contributed by atoms with Gasteiger partial charge in [-0.3, -0.25) is 4.52 Å². The molecular formula is C19H34B3N11O11P. The number of phosphoric ester groups is 1. The summed E-state index contributed by atoms with van der Waals surface area (Å²) in [6, 6.07) is -2.34. The van der Waals surface area contributed by atoms with Crippen molar-refractivity contribution in [1.82, 2.24) is 56.6 Å². The lowest BCUT2D eigenvalue weighted by Gasteiger charge is -2.74. The van der Waals surface area contributed by atoms with Crippen LogP contribution in [0.4, 0.5) is 0 Å². The van der Waals surface area contributed by atoms with E-state index >= 15 is 0 Å². The number of aliphatic hydroxyl groups excluding tert-OH is 3. The van der Waals surface area contributed by atoms with E-state index < -0.39 is 100 Å². The SMILES string of the molecule is [B]B1C2OC(COP(=O)(O)O)C(OC3C([C@H]1N1[B]C4OC(CO[C@@H]5C1N(C)N5C)C(O)C4O)N1CN4N(CN31)N1NNN41)C2O. The van der Waals surface area contributed by atoms with E-state index in [1.165, 1.54) is 0 Å². The maximum Gasteiger partial charge on any atom is 0.469 e. The first-order valence-corrected chi connectivity index (χ1v) is 16.3. The Morgan fingerprint density at radius 1 is 0.978 bits per heavy atom. The minimum Gasteiger partial charge on any atom is -0.388 e. The highest BCUT2D eigenvalue weighted by atomic mass is 31.2. The van der Waals surface area contributed by atoms with E-state index in [0.29, 0.717) is 13.3 Å². The average Bonchev–Trinajstić information content (AvgIpc) is 3.46. The lowest BCUT2D eigenvalue weighted by Crippen LogP contribution is -3.00. The van der Waals surface area contributed by atoms with E-state index in [9.17, 15) is 29.7 Å². The zero-order valence-corrected chi connectivity index (χ0v) is 25.1. The molecule has 45 heavy (non-hydrogen) atoms. The van der Waals surface area contributed by atoms with E-state index in [4.69, 9.17) is 31.2 Å². The third-order valence-corrected chi connectivity index (χ3v) is 10.9. The molecule has 9 aliphatic heterocycles. The molecule has 4 bridgehead atoms. The van der Waals surface area contributed by atoms with Crippen LogP contribution in [-0.4, -0.2) is 212 Å². The minimum absolute atomic E-state index is 0.0626. The van der Waals surface area contributed by atoms with Gasteiger partial charge in [-0.15, -0.1) is 21.3 Å². The van der Waals surface area contributed by atoms with Crippen LogP contribution in [0.1, 0.15) is 0 Å². The van der Waals surface area contributed by atoms with Crippen LogP contribution in [0.5, 0.6) is 0 Å². The van der Waals surface area contributed by atoms with Crippen molar-refractivity contribution in [3.8, 4) is 0 Å². The van der Waals surface area contributed by atoms with Crippen molar-refractivity contribution in [2.24, 2.45) is 0 Å². The van der Waals surface area contributed by atoms with Crippen LogP contribution in [0.15, 0.2) is 0 Å². The number of likely N-dealkylation sites (N-methyl/N-ethyl adjacent to an activating group) is 2. The number of fused-ring (bicyclic) bond motifs is 13. The fourth-order valence-electron chi connectivity index (χ4n) is 8.03. The van der Waals surface area contributed by atoms with Crippen molar-refractivity contribution in [2.75, 3.05) is 40.6 Å². The van der Waals surface area contributed by atoms with Crippen molar-refractivity contribution in [1.29, 1.82) is 0 Å². The van der Waals surface area contributed by atoms with Crippen molar-refractivity contribution < 1.29 is 53.1 Å².